The van der Waals surface area contributed by atoms with Crippen molar-refractivity contribution in [2.45, 2.75) is 31.2 Å². The minimum Gasteiger partial charge on any atom is -0.387 e. The minimum absolute atomic E-state index is 0.299. The number of nitrogens with one attached hydrogen (secondary N) is 1. The molecule has 1 unspecified atom stereocenters. The van der Waals surface area contributed by atoms with Gasteiger partial charge >= 0.3 is 6.18 Å². The molecule has 2 rings (SSSR count). The highest BCUT2D eigenvalue weighted by molar-refractivity contribution is 5.26. The zero-order chi connectivity index (χ0) is 14.6. The van der Waals surface area contributed by atoms with Crippen molar-refractivity contribution in [2.24, 2.45) is 0 Å². The van der Waals surface area contributed by atoms with Gasteiger partial charge in [-0.2, -0.15) is 13.2 Å². The van der Waals surface area contributed by atoms with Crippen LogP contribution in [0.5, 0.6) is 0 Å². The highest BCUT2D eigenvalue weighted by atomic mass is 19.4. The fraction of sp³-hybridized carbons (Fsp3) is 0.571. The van der Waals surface area contributed by atoms with Gasteiger partial charge in [-0.1, -0.05) is 12.1 Å². The van der Waals surface area contributed by atoms with Crippen molar-refractivity contribution >= 4 is 0 Å². The molecule has 0 amide bonds. The average Bonchev–Trinajstić information content (AvgIpc) is 2.45. The highest BCUT2D eigenvalue weighted by Gasteiger charge is 2.30. The molecule has 1 atom stereocenters. The molecule has 1 aromatic carbocycles. The third-order valence-electron chi connectivity index (χ3n) is 3.44. The molecule has 20 heavy (non-hydrogen) atoms. The van der Waals surface area contributed by atoms with Crippen molar-refractivity contribution in [3.8, 4) is 0 Å². The molecule has 0 aromatic heterocycles. The SMILES string of the molecule is OC(CNC1CCOCC1)c1ccc(C(F)(F)F)cc1. The van der Waals surface area contributed by atoms with Crippen LogP contribution in [0.2, 0.25) is 0 Å². The van der Waals surface area contributed by atoms with Gasteiger partial charge in [0.25, 0.3) is 0 Å². The van der Waals surface area contributed by atoms with Gasteiger partial charge in [0.15, 0.2) is 0 Å². The molecule has 0 bridgehead atoms. The Morgan fingerprint density at radius 1 is 1.20 bits per heavy atom. The summed E-state index contributed by atoms with van der Waals surface area (Å²) in [5.41, 5.74) is -0.219. The van der Waals surface area contributed by atoms with E-state index in [1.807, 2.05) is 0 Å². The van der Waals surface area contributed by atoms with Crippen LogP contribution in [0.4, 0.5) is 13.2 Å². The normalized spacial score (nSPS) is 19.0. The predicted molar refractivity (Wildman–Crippen MR) is 68.2 cm³/mol. The number of halogens is 3. The van der Waals surface area contributed by atoms with Gasteiger partial charge in [0, 0.05) is 25.8 Å². The van der Waals surface area contributed by atoms with E-state index in [0.717, 1.165) is 25.0 Å². The van der Waals surface area contributed by atoms with Crippen molar-refractivity contribution in [2.75, 3.05) is 19.8 Å². The van der Waals surface area contributed by atoms with Crippen LogP contribution in [0.25, 0.3) is 0 Å². The largest absolute Gasteiger partial charge is 0.416 e. The summed E-state index contributed by atoms with van der Waals surface area (Å²) in [5.74, 6) is 0. The third-order valence-corrected chi connectivity index (χ3v) is 3.44. The van der Waals surface area contributed by atoms with E-state index in [9.17, 15) is 18.3 Å². The zero-order valence-corrected chi connectivity index (χ0v) is 11.0. The van der Waals surface area contributed by atoms with Gasteiger partial charge in [-0.25, -0.2) is 0 Å². The standard InChI is InChI=1S/C14H18F3NO2/c15-14(16,17)11-3-1-10(2-4-11)13(19)9-18-12-5-7-20-8-6-12/h1-4,12-13,18-19H,5-9H2. The van der Waals surface area contributed by atoms with Crippen molar-refractivity contribution in [1.82, 2.24) is 5.32 Å². The molecule has 6 heteroatoms. The summed E-state index contributed by atoms with van der Waals surface area (Å²) in [4.78, 5) is 0. The topological polar surface area (TPSA) is 41.5 Å². The maximum Gasteiger partial charge on any atom is 0.416 e. The maximum atomic E-state index is 12.4. The first-order chi connectivity index (χ1) is 9.47. The van der Waals surface area contributed by atoms with E-state index in [-0.39, 0.29) is 0 Å². The van der Waals surface area contributed by atoms with Gasteiger partial charge in [0.05, 0.1) is 11.7 Å². The maximum absolute atomic E-state index is 12.4. The Bertz CT molecular complexity index is 413. The van der Waals surface area contributed by atoms with Crippen molar-refractivity contribution in [3.63, 3.8) is 0 Å². The molecule has 3 nitrogen and oxygen atoms in total. The van der Waals surface area contributed by atoms with Crippen LogP contribution in [-0.2, 0) is 10.9 Å². The second-order valence-electron chi connectivity index (χ2n) is 4.93. The number of alkyl halides is 3. The Hall–Kier alpha value is -1.11. The van der Waals surface area contributed by atoms with Gasteiger partial charge < -0.3 is 15.2 Å². The van der Waals surface area contributed by atoms with E-state index >= 15 is 0 Å². The Balaban J connectivity index is 1.87. The first kappa shape index (κ1) is 15.3. The molecular weight excluding hydrogens is 271 g/mol. The minimum atomic E-state index is -4.34. The molecule has 112 valence electrons. The van der Waals surface area contributed by atoms with Gasteiger partial charge in [-0.15, -0.1) is 0 Å². The fourth-order valence-electron chi connectivity index (χ4n) is 2.19. The van der Waals surface area contributed by atoms with Gasteiger partial charge in [-0.3, -0.25) is 0 Å². The molecule has 0 radical (unpaired) electrons. The van der Waals surface area contributed by atoms with Crippen molar-refractivity contribution in [1.29, 1.82) is 0 Å². The molecule has 0 aliphatic carbocycles. The number of ether oxygens (including phenoxy) is 1. The number of rotatable bonds is 4. The number of aliphatic hydroxyl groups is 1. The fourth-order valence-corrected chi connectivity index (χ4v) is 2.19. The lowest BCUT2D eigenvalue weighted by Gasteiger charge is -2.24. The monoisotopic (exact) mass is 289 g/mol. The Morgan fingerprint density at radius 3 is 2.35 bits per heavy atom. The van der Waals surface area contributed by atoms with E-state index in [4.69, 9.17) is 4.74 Å². The van der Waals surface area contributed by atoms with E-state index in [2.05, 4.69) is 5.32 Å². The van der Waals surface area contributed by atoms with Crippen LogP contribution >= 0.6 is 0 Å². The quantitative estimate of drug-likeness (QED) is 0.895. The summed E-state index contributed by atoms with van der Waals surface area (Å²) in [6.07, 6.45) is -3.37. The number of aliphatic hydroxyl groups excluding tert-OH is 1. The molecule has 0 saturated carbocycles. The van der Waals surface area contributed by atoms with Gasteiger partial charge in [-0.05, 0) is 30.5 Å². The lowest BCUT2D eigenvalue weighted by atomic mass is 10.1. The second kappa shape index (κ2) is 6.56. The lowest BCUT2D eigenvalue weighted by Crippen LogP contribution is -2.37. The van der Waals surface area contributed by atoms with Crippen LogP contribution in [-0.4, -0.2) is 30.9 Å². The third kappa shape index (κ3) is 4.19. The van der Waals surface area contributed by atoms with E-state index in [1.165, 1.54) is 12.1 Å². The van der Waals surface area contributed by atoms with Crippen LogP contribution in [0.1, 0.15) is 30.1 Å². The molecule has 1 fully saturated rings. The molecule has 1 aliphatic rings. The van der Waals surface area contributed by atoms with Crippen LogP contribution in [0.3, 0.4) is 0 Å². The molecule has 1 aliphatic heterocycles. The summed E-state index contributed by atoms with van der Waals surface area (Å²) in [7, 11) is 0. The predicted octanol–water partition coefficient (Wildman–Crippen LogP) is 2.51. The molecule has 2 N–H and O–H groups in total. The van der Waals surface area contributed by atoms with E-state index in [1.54, 1.807) is 0 Å². The average molecular weight is 289 g/mol. The Kier molecular flexibility index (Phi) is 5.01. The first-order valence-corrected chi connectivity index (χ1v) is 6.63. The summed E-state index contributed by atoms with van der Waals surface area (Å²) < 4.78 is 42.5. The number of hydrogen-bond donors (Lipinski definition) is 2. The number of benzene rings is 1. The molecule has 1 saturated heterocycles. The number of hydrogen-bond acceptors (Lipinski definition) is 3. The van der Waals surface area contributed by atoms with E-state index in [0.29, 0.717) is 31.4 Å². The smallest absolute Gasteiger partial charge is 0.387 e. The second-order valence-corrected chi connectivity index (χ2v) is 4.93. The lowest BCUT2D eigenvalue weighted by molar-refractivity contribution is -0.137. The summed E-state index contributed by atoms with van der Waals surface area (Å²) >= 11 is 0. The van der Waals surface area contributed by atoms with Gasteiger partial charge in [0.2, 0.25) is 0 Å². The molecule has 1 aromatic rings. The van der Waals surface area contributed by atoms with Gasteiger partial charge in [0.1, 0.15) is 0 Å². The van der Waals surface area contributed by atoms with E-state index < -0.39 is 17.8 Å². The zero-order valence-electron chi connectivity index (χ0n) is 11.0. The Morgan fingerprint density at radius 2 is 1.80 bits per heavy atom. The van der Waals surface area contributed by atoms with Crippen LogP contribution in [0, 0.1) is 0 Å². The summed E-state index contributed by atoms with van der Waals surface area (Å²) in [5, 5.41) is 13.2. The summed E-state index contributed by atoms with van der Waals surface area (Å²) in [6, 6.07) is 4.92. The van der Waals surface area contributed by atoms with Crippen LogP contribution in [0.15, 0.2) is 24.3 Å². The highest BCUT2D eigenvalue weighted by Crippen LogP contribution is 2.29. The van der Waals surface area contributed by atoms with Crippen LogP contribution < -0.4 is 5.32 Å². The molecule has 0 spiro atoms. The first-order valence-electron chi connectivity index (χ1n) is 6.63. The van der Waals surface area contributed by atoms with Crippen molar-refractivity contribution < 1.29 is 23.0 Å². The Labute approximate surface area is 115 Å². The van der Waals surface area contributed by atoms with Crippen molar-refractivity contribution in [3.05, 3.63) is 35.4 Å². The molecular formula is C14H18F3NO2. The summed E-state index contributed by atoms with van der Waals surface area (Å²) in [6.45, 7) is 1.73. The molecule has 1 heterocycles.